The first kappa shape index (κ1) is 9.80. The number of nitrogens with zero attached hydrogens (tertiary/aromatic N) is 1. The van der Waals surface area contributed by atoms with E-state index in [-0.39, 0.29) is 0 Å². The van der Waals surface area contributed by atoms with Gasteiger partial charge in [0.15, 0.2) is 4.34 Å². The number of nitrogens with one attached hydrogen (secondary N) is 1. The molecule has 74 valence electrons. The monoisotopic (exact) mass is 224 g/mol. The fourth-order valence-electron chi connectivity index (χ4n) is 1.31. The van der Waals surface area contributed by atoms with E-state index in [4.69, 9.17) is 0 Å². The number of hydrogen-bond donors (Lipinski definition) is 1. The molecular formula is C10H12N2S2. The molecule has 0 unspecified atom stereocenters. The van der Waals surface area contributed by atoms with Crippen LogP contribution in [0.3, 0.4) is 0 Å². The lowest BCUT2D eigenvalue weighted by molar-refractivity contribution is 1.21. The zero-order valence-corrected chi connectivity index (χ0v) is 9.84. The summed E-state index contributed by atoms with van der Waals surface area (Å²) >= 11 is 3.45. The lowest BCUT2D eigenvalue weighted by Gasteiger charge is -2.00. The van der Waals surface area contributed by atoms with Gasteiger partial charge in [0, 0.05) is 12.2 Å². The minimum Gasteiger partial charge on any atom is -0.385 e. The van der Waals surface area contributed by atoms with Crippen molar-refractivity contribution in [2.75, 3.05) is 18.1 Å². The summed E-state index contributed by atoms with van der Waals surface area (Å²) in [7, 11) is 0. The Morgan fingerprint density at radius 1 is 1.50 bits per heavy atom. The van der Waals surface area contributed by atoms with Crippen LogP contribution in [0.1, 0.15) is 6.92 Å². The van der Waals surface area contributed by atoms with Crippen molar-refractivity contribution in [2.45, 2.75) is 11.3 Å². The Balaban J connectivity index is 2.43. The highest BCUT2D eigenvalue weighted by Crippen LogP contribution is 2.29. The van der Waals surface area contributed by atoms with E-state index in [9.17, 15) is 0 Å². The molecule has 0 saturated heterocycles. The Morgan fingerprint density at radius 2 is 2.36 bits per heavy atom. The van der Waals surface area contributed by atoms with Crippen LogP contribution in [0.2, 0.25) is 0 Å². The molecule has 0 fully saturated rings. The second kappa shape index (κ2) is 4.19. The molecule has 0 saturated carbocycles. The van der Waals surface area contributed by atoms with Crippen LogP contribution in [0, 0.1) is 0 Å². The molecule has 0 aliphatic heterocycles. The standard InChI is InChI=1S/C10H12N2S2/c1-3-11-7-4-5-9-8(6-7)12-10(13-2)14-9/h4-6,11H,3H2,1-2H3. The Morgan fingerprint density at radius 3 is 3.07 bits per heavy atom. The van der Waals surface area contributed by atoms with Gasteiger partial charge in [-0.3, -0.25) is 0 Å². The van der Waals surface area contributed by atoms with Crippen LogP contribution in [0.25, 0.3) is 10.2 Å². The van der Waals surface area contributed by atoms with Gasteiger partial charge in [-0.25, -0.2) is 4.98 Å². The number of anilines is 1. The molecule has 0 amide bonds. The SMILES string of the molecule is CCNc1ccc2sc(SC)nc2c1. The van der Waals surface area contributed by atoms with Crippen molar-refractivity contribution in [2.24, 2.45) is 0 Å². The van der Waals surface area contributed by atoms with E-state index in [1.807, 2.05) is 0 Å². The van der Waals surface area contributed by atoms with Crippen molar-refractivity contribution in [1.29, 1.82) is 0 Å². The minimum absolute atomic E-state index is 0.949. The van der Waals surface area contributed by atoms with E-state index in [1.54, 1.807) is 23.1 Å². The number of aromatic nitrogens is 1. The van der Waals surface area contributed by atoms with Crippen molar-refractivity contribution in [3.8, 4) is 0 Å². The molecule has 0 spiro atoms. The predicted octanol–water partition coefficient (Wildman–Crippen LogP) is 3.45. The fourth-order valence-corrected chi connectivity index (χ4v) is 2.78. The summed E-state index contributed by atoms with van der Waals surface area (Å²) in [6, 6.07) is 6.34. The van der Waals surface area contributed by atoms with Gasteiger partial charge in [-0.2, -0.15) is 0 Å². The molecular weight excluding hydrogens is 212 g/mol. The maximum absolute atomic E-state index is 4.52. The lowest BCUT2D eigenvalue weighted by Crippen LogP contribution is -1.95. The average Bonchev–Trinajstić information content (AvgIpc) is 2.60. The van der Waals surface area contributed by atoms with Gasteiger partial charge in [-0.05, 0) is 31.4 Å². The normalized spacial score (nSPS) is 10.7. The van der Waals surface area contributed by atoms with Gasteiger partial charge in [0.2, 0.25) is 0 Å². The third-order valence-electron chi connectivity index (χ3n) is 1.92. The molecule has 14 heavy (non-hydrogen) atoms. The van der Waals surface area contributed by atoms with Crippen LogP contribution in [0.4, 0.5) is 5.69 Å². The number of hydrogen-bond acceptors (Lipinski definition) is 4. The van der Waals surface area contributed by atoms with Crippen LogP contribution >= 0.6 is 23.1 Å². The summed E-state index contributed by atoms with van der Waals surface area (Å²) in [4.78, 5) is 4.52. The maximum atomic E-state index is 4.52. The van der Waals surface area contributed by atoms with Gasteiger partial charge in [0.25, 0.3) is 0 Å². The summed E-state index contributed by atoms with van der Waals surface area (Å²) in [6.07, 6.45) is 2.06. The van der Waals surface area contributed by atoms with Gasteiger partial charge in [-0.1, -0.05) is 11.8 Å². The zero-order chi connectivity index (χ0) is 9.97. The third-order valence-corrected chi connectivity index (χ3v) is 3.95. The predicted molar refractivity (Wildman–Crippen MR) is 65.6 cm³/mol. The molecule has 0 aliphatic carbocycles. The van der Waals surface area contributed by atoms with Crippen molar-refractivity contribution in [3.05, 3.63) is 18.2 Å². The summed E-state index contributed by atoms with van der Waals surface area (Å²) < 4.78 is 2.39. The van der Waals surface area contributed by atoms with Gasteiger partial charge in [0.05, 0.1) is 10.2 Å². The largest absolute Gasteiger partial charge is 0.385 e. The maximum Gasteiger partial charge on any atom is 0.150 e. The van der Waals surface area contributed by atoms with Crippen LogP contribution in [-0.4, -0.2) is 17.8 Å². The molecule has 1 aromatic carbocycles. The topological polar surface area (TPSA) is 24.9 Å². The number of thioether (sulfide) groups is 1. The molecule has 2 aromatic rings. The van der Waals surface area contributed by atoms with Crippen molar-refractivity contribution in [1.82, 2.24) is 4.98 Å². The van der Waals surface area contributed by atoms with E-state index in [0.717, 1.165) is 22.1 Å². The highest BCUT2D eigenvalue weighted by atomic mass is 32.2. The van der Waals surface area contributed by atoms with Crippen LogP contribution in [0.5, 0.6) is 0 Å². The zero-order valence-electron chi connectivity index (χ0n) is 8.20. The summed E-state index contributed by atoms with van der Waals surface area (Å²) in [5.41, 5.74) is 2.25. The van der Waals surface area contributed by atoms with Gasteiger partial charge in [0.1, 0.15) is 0 Å². The number of rotatable bonds is 3. The van der Waals surface area contributed by atoms with Crippen molar-refractivity contribution in [3.63, 3.8) is 0 Å². The summed E-state index contributed by atoms with van der Waals surface area (Å²) in [6.45, 7) is 3.05. The highest BCUT2D eigenvalue weighted by molar-refractivity contribution is 8.00. The van der Waals surface area contributed by atoms with Crippen LogP contribution in [-0.2, 0) is 0 Å². The smallest absolute Gasteiger partial charge is 0.150 e. The molecule has 0 radical (unpaired) electrons. The summed E-state index contributed by atoms with van der Waals surface area (Å²) in [5, 5.41) is 3.28. The number of benzene rings is 1. The fraction of sp³-hybridized carbons (Fsp3) is 0.300. The first-order valence-corrected chi connectivity index (χ1v) is 6.56. The van der Waals surface area contributed by atoms with Gasteiger partial charge < -0.3 is 5.32 Å². The van der Waals surface area contributed by atoms with E-state index in [1.165, 1.54) is 4.70 Å². The Hall–Kier alpha value is -0.740. The first-order valence-electron chi connectivity index (χ1n) is 4.52. The number of thiazole rings is 1. The highest BCUT2D eigenvalue weighted by Gasteiger charge is 2.02. The van der Waals surface area contributed by atoms with E-state index in [0.29, 0.717) is 0 Å². The van der Waals surface area contributed by atoms with Crippen LogP contribution in [0.15, 0.2) is 22.5 Å². The lowest BCUT2D eigenvalue weighted by atomic mass is 10.3. The first-order chi connectivity index (χ1) is 6.83. The summed E-state index contributed by atoms with van der Waals surface area (Å²) in [5.74, 6) is 0. The van der Waals surface area contributed by atoms with Crippen LogP contribution < -0.4 is 5.32 Å². The third kappa shape index (κ3) is 1.86. The van der Waals surface area contributed by atoms with E-state index < -0.39 is 0 Å². The molecule has 0 aliphatic rings. The average molecular weight is 224 g/mol. The molecule has 2 nitrogen and oxygen atoms in total. The molecule has 4 heteroatoms. The van der Waals surface area contributed by atoms with E-state index >= 15 is 0 Å². The van der Waals surface area contributed by atoms with Crippen molar-refractivity contribution < 1.29 is 0 Å². The quantitative estimate of drug-likeness (QED) is 0.808. The van der Waals surface area contributed by atoms with Gasteiger partial charge in [-0.15, -0.1) is 11.3 Å². The van der Waals surface area contributed by atoms with Gasteiger partial charge >= 0.3 is 0 Å². The van der Waals surface area contributed by atoms with Crippen molar-refractivity contribution >= 4 is 39.0 Å². The second-order valence-corrected chi connectivity index (χ2v) is 4.98. The Kier molecular flexibility index (Phi) is 2.93. The minimum atomic E-state index is 0.949. The molecule has 1 aromatic heterocycles. The Labute approximate surface area is 91.7 Å². The number of fused-ring (bicyclic) bond motifs is 1. The second-order valence-electron chi connectivity index (χ2n) is 2.90. The Bertz CT molecular complexity index is 437. The van der Waals surface area contributed by atoms with E-state index in [2.05, 4.69) is 41.7 Å². The molecule has 1 heterocycles. The molecule has 2 rings (SSSR count). The molecule has 0 atom stereocenters. The molecule has 0 bridgehead atoms. The molecule has 1 N–H and O–H groups in total.